The van der Waals surface area contributed by atoms with Gasteiger partial charge in [-0.1, -0.05) is 19.1 Å². The molecule has 200 valence electrons. The summed E-state index contributed by atoms with van der Waals surface area (Å²) in [6, 6.07) is 8.47. The number of benzene rings is 1. The number of morpholine rings is 1. The predicted octanol–water partition coefficient (Wildman–Crippen LogP) is 1.73. The van der Waals surface area contributed by atoms with Gasteiger partial charge in [-0.05, 0) is 19.1 Å². The third-order valence-electron chi connectivity index (χ3n) is 7.24. The van der Waals surface area contributed by atoms with Crippen molar-refractivity contribution in [2.24, 2.45) is 7.05 Å². The number of nitrogens with zero attached hydrogens (tertiary/aromatic N) is 8. The van der Waals surface area contributed by atoms with E-state index in [1.807, 2.05) is 40.4 Å². The van der Waals surface area contributed by atoms with Gasteiger partial charge in [0.1, 0.15) is 18.0 Å². The Hall–Kier alpha value is -3.77. The highest BCUT2D eigenvalue weighted by atomic mass is 16.5. The average molecular weight is 521 g/mol. The smallest absolute Gasteiger partial charge is 0.298 e. The van der Waals surface area contributed by atoms with Crippen LogP contribution in [0.5, 0.6) is 6.01 Å². The molecule has 12 nitrogen and oxygen atoms in total. The molecule has 38 heavy (non-hydrogen) atoms. The summed E-state index contributed by atoms with van der Waals surface area (Å²) in [5.74, 6) is 2.15. The van der Waals surface area contributed by atoms with Crippen molar-refractivity contribution in [1.29, 1.82) is 0 Å². The molecule has 0 bridgehead atoms. The number of hydrogen-bond donors (Lipinski definition) is 0. The fourth-order valence-corrected chi connectivity index (χ4v) is 4.95. The zero-order valence-electron chi connectivity index (χ0n) is 22.1. The Labute approximate surface area is 220 Å². The number of aryl methyl sites for hydroxylation is 2. The van der Waals surface area contributed by atoms with Crippen molar-refractivity contribution in [3.8, 4) is 12.0 Å². The van der Waals surface area contributed by atoms with Crippen molar-refractivity contribution >= 4 is 33.9 Å². The molecule has 0 aliphatic carbocycles. The van der Waals surface area contributed by atoms with Gasteiger partial charge in [0.05, 0.1) is 37.3 Å². The lowest BCUT2D eigenvalue weighted by Gasteiger charge is -2.39. The molecule has 2 fully saturated rings. The van der Waals surface area contributed by atoms with E-state index < -0.39 is 6.10 Å². The van der Waals surface area contributed by atoms with E-state index in [9.17, 15) is 4.79 Å². The predicted molar refractivity (Wildman–Crippen MR) is 141 cm³/mol. The third kappa shape index (κ3) is 4.13. The molecule has 0 N–H and O–H groups in total. The molecular weight excluding hydrogens is 488 g/mol. The minimum atomic E-state index is -0.469. The van der Waals surface area contributed by atoms with Gasteiger partial charge in [0.15, 0.2) is 17.0 Å². The van der Waals surface area contributed by atoms with E-state index in [-0.39, 0.29) is 12.0 Å². The van der Waals surface area contributed by atoms with E-state index in [0.29, 0.717) is 62.5 Å². The Kier molecular flexibility index (Phi) is 6.36. The number of hydrogen-bond acceptors (Lipinski definition) is 9. The number of carbonyl (C=O) groups excluding carboxylic acids is 1. The van der Waals surface area contributed by atoms with Crippen LogP contribution in [0.15, 0.2) is 24.3 Å². The summed E-state index contributed by atoms with van der Waals surface area (Å²) < 4.78 is 20.9. The molecule has 4 aromatic rings. The number of ether oxygens (including phenoxy) is 3. The number of rotatable bonds is 7. The number of amides is 1. The highest BCUT2D eigenvalue weighted by Gasteiger charge is 2.36. The first-order chi connectivity index (χ1) is 18.5. The van der Waals surface area contributed by atoms with Crippen LogP contribution >= 0.6 is 0 Å². The minimum Gasteiger partial charge on any atom is -0.458 e. The van der Waals surface area contributed by atoms with Crippen LogP contribution in [0.3, 0.4) is 0 Å². The Morgan fingerprint density at radius 3 is 2.63 bits per heavy atom. The van der Waals surface area contributed by atoms with Crippen molar-refractivity contribution < 1.29 is 19.0 Å². The molecular formula is C26H32N8O4. The molecule has 5 heterocycles. The Morgan fingerprint density at radius 2 is 1.89 bits per heavy atom. The van der Waals surface area contributed by atoms with E-state index in [1.54, 1.807) is 11.8 Å². The van der Waals surface area contributed by atoms with E-state index in [0.717, 1.165) is 29.1 Å². The second kappa shape index (κ2) is 9.84. The van der Waals surface area contributed by atoms with Crippen molar-refractivity contribution in [1.82, 2.24) is 34.0 Å². The highest BCUT2D eigenvalue weighted by Crippen LogP contribution is 2.31. The van der Waals surface area contributed by atoms with Crippen LogP contribution in [0.2, 0.25) is 0 Å². The van der Waals surface area contributed by atoms with Crippen LogP contribution in [0.1, 0.15) is 19.7 Å². The highest BCUT2D eigenvalue weighted by molar-refractivity contribution is 5.86. The molecule has 1 aromatic carbocycles. The van der Waals surface area contributed by atoms with Gasteiger partial charge in [-0.3, -0.25) is 13.9 Å². The van der Waals surface area contributed by atoms with Gasteiger partial charge in [0.2, 0.25) is 5.95 Å². The second-order valence-corrected chi connectivity index (χ2v) is 9.64. The maximum Gasteiger partial charge on any atom is 0.298 e. The number of fused-ring (bicyclic) bond motifs is 2. The maximum absolute atomic E-state index is 12.4. The Bertz CT molecular complexity index is 1490. The first kappa shape index (κ1) is 24.6. The summed E-state index contributed by atoms with van der Waals surface area (Å²) >= 11 is 0. The van der Waals surface area contributed by atoms with Crippen LogP contribution in [0.4, 0.5) is 5.82 Å². The molecule has 0 spiro atoms. The summed E-state index contributed by atoms with van der Waals surface area (Å²) in [6.45, 7) is 7.47. The van der Waals surface area contributed by atoms with Crippen molar-refractivity contribution in [3.63, 3.8) is 0 Å². The molecule has 1 atom stereocenters. The van der Waals surface area contributed by atoms with Crippen molar-refractivity contribution in [2.45, 2.75) is 32.5 Å². The van der Waals surface area contributed by atoms with E-state index in [2.05, 4.69) is 11.8 Å². The maximum atomic E-state index is 12.4. The summed E-state index contributed by atoms with van der Waals surface area (Å²) in [4.78, 5) is 36.0. The largest absolute Gasteiger partial charge is 0.458 e. The molecule has 2 saturated heterocycles. The fraction of sp³-hybridized carbons (Fsp3) is 0.500. The van der Waals surface area contributed by atoms with Gasteiger partial charge >= 0.3 is 0 Å². The summed E-state index contributed by atoms with van der Waals surface area (Å²) in [7, 11) is 3.43. The number of aromatic nitrogens is 6. The molecule has 1 amide bonds. The number of methoxy groups -OCH3 is 1. The van der Waals surface area contributed by atoms with Gasteiger partial charge < -0.3 is 24.0 Å². The summed E-state index contributed by atoms with van der Waals surface area (Å²) in [6.07, 6.45) is 0.118. The number of anilines is 1. The molecule has 6 rings (SSSR count). The summed E-state index contributed by atoms with van der Waals surface area (Å²) in [5.41, 5.74) is 3.21. The average Bonchev–Trinajstić information content (AvgIpc) is 3.46. The number of carbonyl (C=O) groups is 1. The fourth-order valence-electron chi connectivity index (χ4n) is 4.95. The standard InChI is InChI=1S/C26H32N8O4/c1-5-20-27-18-8-6-7-9-19(18)34(20)25-29-22-21(23(30-25)32-10-12-37-13-11-32)28-26(31(22)3)38-17-14-33(15-17)24(35)16(2)36-4/h6-9,16-17H,5,10-15H2,1-4H3/t16-/m0/s1. The molecule has 2 aliphatic rings. The quantitative estimate of drug-likeness (QED) is 0.359. The van der Waals surface area contributed by atoms with Crippen molar-refractivity contribution in [3.05, 3.63) is 30.1 Å². The van der Waals surface area contributed by atoms with Crippen LogP contribution < -0.4 is 9.64 Å². The first-order valence-corrected chi connectivity index (χ1v) is 13.0. The molecule has 0 unspecified atom stereocenters. The third-order valence-corrected chi connectivity index (χ3v) is 7.24. The lowest BCUT2D eigenvalue weighted by molar-refractivity contribution is -0.150. The molecule has 3 aromatic heterocycles. The van der Waals surface area contributed by atoms with Gasteiger partial charge in [0, 0.05) is 33.7 Å². The molecule has 0 radical (unpaired) electrons. The SMILES string of the molecule is CCc1nc2ccccc2n1-c1nc(N2CCOCC2)c2nc(OC3CN(C(=O)[C@H](C)OC)C3)n(C)c2n1. The monoisotopic (exact) mass is 520 g/mol. The lowest BCUT2D eigenvalue weighted by atomic mass is 10.1. The van der Waals surface area contributed by atoms with Crippen LogP contribution in [-0.4, -0.2) is 98.6 Å². The Balaban J connectivity index is 1.40. The van der Waals surface area contributed by atoms with E-state index in [4.69, 9.17) is 34.1 Å². The van der Waals surface area contributed by atoms with Crippen LogP contribution in [0.25, 0.3) is 28.1 Å². The summed E-state index contributed by atoms with van der Waals surface area (Å²) in [5, 5.41) is 0. The number of likely N-dealkylation sites (tertiary alicyclic amines) is 1. The van der Waals surface area contributed by atoms with Gasteiger partial charge in [0.25, 0.3) is 11.9 Å². The molecule has 2 aliphatic heterocycles. The van der Waals surface area contributed by atoms with Gasteiger partial charge in [-0.15, -0.1) is 0 Å². The molecule has 0 saturated carbocycles. The number of para-hydroxylation sites is 2. The van der Waals surface area contributed by atoms with Crippen LogP contribution in [-0.2, 0) is 27.7 Å². The van der Waals surface area contributed by atoms with Gasteiger partial charge in [-0.25, -0.2) is 4.98 Å². The number of imidazole rings is 2. The Morgan fingerprint density at radius 1 is 1.13 bits per heavy atom. The molecule has 12 heteroatoms. The van der Waals surface area contributed by atoms with E-state index >= 15 is 0 Å². The van der Waals surface area contributed by atoms with Crippen molar-refractivity contribution in [2.75, 3.05) is 51.4 Å². The zero-order chi connectivity index (χ0) is 26.4. The lowest BCUT2D eigenvalue weighted by Crippen LogP contribution is -2.58. The van der Waals surface area contributed by atoms with Crippen LogP contribution in [0, 0.1) is 0 Å². The zero-order valence-corrected chi connectivity index (χ0v) is 22.1. The van der Waals surface area contributed by atoms with E-state index in [1.165, 1.54) is 7.11 Å². The first-order valence-electron chi connectivity index (χ1n) is 13.0. The van der Waals surface area contributed by atoms with Gasteiger partial charge in [-0.2, -0.15) is 15.0 Å². The second-order valence-electron chi connectivity index (χ2n) is 9.64. The normalized spacial score (nSPS) is 17.3. The topological polar surface area (TPSA) is 113 Å². The minimum absolute atomic E-state index is 0.0400.